The van der Waals surface area contributed by atoms with Crippen LogP contribution in [-0.4, -0.2) is 108 Å². The highest BCUT2D eigenvalue weighted by Crippen LogP contribution is 2.26. The van der Waals surface area contributed by atoms with Gasteiger partial charge in [0.1, 0.15) is 5.82 Å². The van der Waals surface area contributed by atoms with E-state index in [1.807, 2.05) is 6.20 Å². The lowest BCUT2D eigenvalue weighted by Crippen LogP contribution is -2.51. The summed E-state index contributed by atoms with van der Waals surface area (Å²) in [7, 11) is 2.24. The van der Waals surface area contributed by atoms with E-state index in [0.717, 1.165) is 64.9 Å². The van der Waals surface area contributed by atoms with E-state index >= 15 is 0 Å². The van der Waals surface area contributed by atoms with Crippen LogP contribution in [0.3, 0.4) is 0 Å². The largest absolute Gasteiger partial charge is 0.374 e. The van der Waals surface area contributed by atoms with Crippen molar-refractivity contribution in [3.63, 3.8) is 0 Å². The Balaban J connectivity index is 1.29. The molecule has 0 radical (unpaired) electrons. The SMILES string of the molecule is CC(C)N1CCO[C@H](Cn2ccnc2CC(C)N2CCOC(CN(C)C3CC3)C2)C1. The fourth-order valence-electron chi connectivity index (χ4n) is 4.87. The fraction of sp³-hybridized carbons (Fsp3) is 0.870. The first-order valence-electron chi connectivity index (χ1n) is 11.9. The summed E-state index contributed by atoms with van der Waals surface area (Å²) in [6.07, 6.45) is 8.31. The van der Waals surface area contributed by atoms with Crippen LogP contribution in [-0.2, 0) is 22.4 Å². The van der Waals surface area contributed by atoms with E-state index in [9.17, 15) is 0 Å². The second kappa shape index (κ2) is 10.1. The van der Waals surface area contributed by atoms with E-state index in [1.165, 1.54) is 18.7 Å². The molecule has 2 aliphatic heterocycles. The predicted octanol–water partition coefficient (Wildman–Crippen LogP) is 1.72. The van der Waals surface area contributed by atoms with Crippen LogP contribution in [0.15, 0.2) is 12.4 Å². The summed E-state index contributed by atoms with van der Waals surface area (Å²) in [4.78, 5) is 12.3. The molecule has 1 saturated carbocycles. The van der Waals surface area contributed by atoms with Crippen LogP contribution >= 0.6 is 0 Å². The highest BCUT2D eigenvalue weighted by molar-refractivity contribution is 4.97. The molecule has 0 amide bonds. The Hall–Kier alpha value is -0.990. The number of hydrogen-bond acceptors (Lipinski definition) is 6. The molecule has 4 rings (SSSR count). The van der Waals surface area contributed by atoms with E-state index in [1.54, 1.807) is 0 Å². The first-order chi connectivity index (χ1) is 14.5. The zero-order valence-corrected chi connectivity index (χ0v) is 19.4. The summed E-state index contributed by atoms with van der Waals surface area (Å²) >= 11 is 0. The zero-order valence-electron chi connectivity index (χ0n) is 19.4. The van der Waals surface area contributed by atoms with Gasteiger partial charge in [-0.25, -0.2) is 4.98 Å². The quantitative estimate of drug-likeness (QED) is 0.607. The van der Waals surface area contributed by atoms with E-state index in [2.05, 4.69) is 53.3 Å². The van der Waals surface area contributed by atoms with Crippen molar-refractivity contribution >= 4 is 0 Å². The Morgan fingerprint density at radius 2 is 1.77 bits per heavy atom. The van der Waals surface area contributed by atoms with Gasteiger partial charge in [-0.3, -0.25) is 9.80 Å². The Bertz CT molecular complexity index is 662. The maximum atomic E-state index is 6.07. The summed E-state index contributed by atoms with van der Waals surface area (Å²) < 4.78 is 14.4. The van der Waals surface area contributed by atoms with E-state index in [0.29, 0.717) is 18.2 Å². The van der Waals surface area contributed by atoms with Crippen molar-refractivity contribution in [2.45, 2.75) is 76.9 Å². The molecule has 3 heterocycles. The molecule has 2 unspecified atom stereocenters. The lowest BCUT2D eigenvalue weighted by atomic mass is 10.1. The molecule has 2 saturated heterocycles. The van der Waals surface area contributed by atoms with Gasteiger partial charge in [-0.05, 0) is 40.7 Å². The van der Waals surface area contributed by atoms with Crippen LogP contribution in [0.4, 0.5) is 0 Å². The molecule has 0 spiro atoms. The number of rotatable bonds is 9. The predicted molar refractivity (Wildman–Crippen MR) is 119 cm³/mol. The van der Waals surface area contributed by atoms with Crippen molar-refractivity contribution in [2.75, 3.05) is 53.0 Å². The molecule has 0 aromatic carbocycles. The zero-order chi connectivity index (χ0) is 21.1. The summed E-state index contributed by atoms with van der Waals surface area (Å²) in [5.41, 5.74) is 0. The third-order valence-corrected chi connectivity index (χ3v) is 7.04. The summed E-state index contributed by atoms with van der Waals surface area (Å²) in [5, 5.41) is 0. The third-order valence-electron chi connectivity index (χ3n) is 7.04. The maximum absolute atomic E-state index is 6.07. The normalized spacial score (nSPS) is 27.8. The maximum Gasteiger partial charge on any atom is 0.110 e. The Labute approximate surface area is 182 Å². The second-order valence-electron chi connectivity index (χ2n) is 9.79. The van der Waals surface area contributed by atoms with Gasteiger partial charge in [-0.1, -0.05) is 0 Å². The summed E-state index contributed by atoms with van der Waals surface area (Å²) in [5.74, 6) is 1.17. The van der Waals surface area contributed by atoms with Crippen LogP contribution in [0.1, 0.15) is 39.4 Å². The molecule has 0 bridgehead atoms. The van der Waals surface area contributed by atoms with Gasteiger partial charge in [0.15, 0.2) is 0 Å². The molecule has 3 fully saturated rings. The van der Waals surface area contributed by atoms with Crippen LogP contribution in [0.5, 0.6) is 0 Å². The molecule has 7 heteroatoms. The minimum atomic E-state index is 0.245. The Morgan fingerprint density at radius 1 is 1.07 bits per heavy atom. The van der Waals surface area contributed by atoms with Crippen molar-refractivity contribution in [2.24, 2.45) is 0 Å². The number of morpholine rings is 2. The van der Waals surface area contributed by atoms with Crippen LogP contribution in [0, 0.1) is 0 Å². The van der Waals surface area contributed by atoms with Crippen LogP contribution in [0.25, 0.3) is 0 Å². The van der Waals surface area contributed by atoms with Gasteiger partial charge in [-0.2, -0.15) is 0 Å². The molecule has 1 aromatic heterocycles. The van der Waals surface area contributed by atoms with Crippen molar-refractivity contribution in [3.8, 4) is 0 Å². The number of nitrogens with zero attached hydrogens (tertiary/aromatic N) is 5. The van der Waals surface area contributed by atoms with Gasteiger partial charge in [-0.15, -0.1) is 0 Å². The smallest absolute Gasteiger partial charge is 0.110 e. The molecular formula is C23H41N5O2. The molecule has 170 valence electrons. The molecule has 1 aromatic rings. The fourth-order valence-corrected chi connectivity index (χ4v) is 4.87. The topological polar surface area (TPSA) is 46.0 Å². The second-order valence-corrected chi connectivity index (χ2v) is 9.79. The molecule has 1 aliphatic carbocycles. The average molecular weight is 420 g/mol. The summed E-state index contributed by atoms with van der Waals surface area (Å²) in [6.45, 7) is 14.6. The lowest BCUT2D eigenvalue weighted by molar-refractivity contribution is -0.0532. The van der Waals surface area contributed by atoms with Gasteiger partial charge < -0.3 is 18.9 Å². The Kier molecular flexibility index (Phi) is 7.47. The van der Waals surface area contributed by atoms with Crippen molar-refractivity contribution < 1.29 is 9.47 Å². The molecule has 3 atom stereocenters. The minimum Gasteiger partial charge on any atom is -0.374 e. The number of hydrogen-bond donors (Lipinski definition) is 0. The number of imidazole rings is 1. The van der Waals surface area contributed by atoms with E-state index < -0.39 is 0 Å². The van der Waals surface area contributed by atoms with Crippen LogP contribution < -0.4 is 0 Å². The molecule has 3 aliphatic rings. The molecule has 7 nitrogen and oxygen atoms in total. The standard InChI is InChI=1S/C23H41N5O2/c1-18(2)26-9-11-30-22(15-26)17-28-8-7-24-23(28)13-19(3)27-10-12-29-21(16-27)14-25(4)20-5-6-20/h7-8,18-22H,5-6,9-17H2,1-4H3/t19?,21?,22-/m0/s1. The first kappa shape index (κ1) is 22.2. The monoisotopic (exact) mass is 419 g/mol. The van der Waals surface area contributed by atoms with Crippen molar-refractivity contribution in [1.82, 2.24) is 24.3 Å². The van der Waals surface area contributed by atoms with Crippen LogP contribution in [0.2, 0.25) is 0 Å². The highest BCUT2D eigenvalue weighted by Gasteiger charge is 2.31. The minimum absolute atomic E-state index is 0.245. The third kappa shape index (κ3) is 5.82. The Morgan fingerprint density at radius 3 is 2.50 bits per heavy atom. The number of aromatic nitrogens is 2. The van der Waals surface area contributed by atoms with E-state index in [4.69, 9.17) is 14.5 Å². The van der Waals surface area contributed by atoms with Gasteiger partial charge in [0, 0.05) is 69.7 Å². The van der Waals surface area contributed by atoms with Gasteiger partial charge in [0.05, 0.1) is 32.0 Å². The molecular weight excluding hydrogens is 378 g/mol. The number of ether oxygens (including phenoxy) is 2. The van der Waals surface area contributed by atoms with E-state index in [-0.39, 0.29) is 6.10 Å². The van der Waals surface area contributed by atoms with Gasteiger partial charge >= 0.3 is 0 Å². The summed E-state index contributed by atoms with van der Waals surface area (Å²) in [6, 6.07) is 1.83. The van der Waals surface area contributed by atoms with Gasteiger partial charge in [0.25, 0.3) is 0 Å². The van der Waals surface area contributed by atoms with Crippen molar-refractivity contribution in [1.29, 1.82) is 0 Å². The lowest BCUT2D eigenvalue weighted by Gasteiger charge is -2.38. The van der Waals surface area contributed by atoms with Crippen molar-refractivity contribution in [3.05, 3.63) is 18.2 Å². The molecule has 0 N–H and O–H groups in total. The first-order valence-corrected chi connectivity index (χ1v) is 11.9. The number of likely N-dealkylation sites (N-methyl/N-ethyl adjacent to an activating group) is 1. The highest BCUT2D eigenvalue weighted by atomic mass is 16.5. The van der Waals surface area contributed by atoms with Gasteiger partial charge in [0.2, 0.25) is 0 Å². The average Bonchev–Trinajstić information content (AvgIpc) is 3.51. The molecule has 30 heavy (non-hydrogen) atoms.